The highest BCUT2D eigenvalue weighted by Gasteiger charge is 2.02. The standard InChI is InChI=1S/C19H16NO/c21-14-12-16-7-5-15(6-8-16)9-10-17-11-13-20-19-4-2-1-3-18(17)19/h1-8,11,13H,9-10,12H2. The highest BCUT2D eigenvalue weighted by Crippen LogP contribution is 2.18. The van der Waals surface area contributed by atoms with Crippen LogP contribution >= 0.6 is 0 Å². The summed E-state index contributed by atoms with van der Waals surface area (Å²) in [6, 6.07) is 18.5. The molecule has 0 aliphatic rings. The van der Waals surface area contributed by atoms with E-state index in [1.807, 2.05) is 36.7 Å². The van der Waals surface area contributed by atoms with Gasteiger partial charge in [-0.05, 0) is 41.7 Å². The highest BCUT2D eigenvalue weighted by atomic mass is 16.1. The predicted molar refractivity (Wildman–Crippen MR) is 85.0 cm³/mol. The Kier molecular flexibility index (Phi) is 4.06. The maximum Gasteiger partial charge on any atom is 0.203 e. The van der Waals surface area contributed by atoms with Crippen LogP contribution in [0.25, 0.3) is 10.9 Å². The molecule has 3 aromatic rings. The first-order chi connectivity index (χ1) is 10.4. The number of aryl methyl sites for hydroxylation is 2. The Balaban J connectivity index is 1.75. The molecule has 0 unspecified atom stereocenters. The van der Waals surface area contributed by atoms with Crippen LogP contribution in [0.5, 0.6) is 0 Å². The summed E-state index contributed by atoms with van der Waals surface area (Å²) in [6.45, 7) is 0. The molecule has 0 N–H and O–H groups in total. The molecule has 1 radical (unpaired) electrons. The third-order valence-corrected chi connectivity index (χ3v) is 3.72. The predicted octanol–water partition coefficient (Wildman–Crippen LogP) is 3.67. The summed E-state index contributed by atoms with van der Waals surface area (Å²) >= 11 is 0. The Hall–Kier alpha value is -2.48. The van der Waals surface area contributed by atoms with E-state index >= 15 is 0 Å². The van der Waals surface area contributed by atoms with E-state index in [-0.39, 0.29) is 0 Å². The first kappa shape index (κ1) is 13.5. The van der Waals surface area contributed by atoms with Gasteiger partial charge >= 0.3 is 0 Å². The van der Waals surface area contributed by atoms with Crippen LogP contribution in [0.1, 0.15) is 16.7 Å². The van der Waals surface area contributed by atoms with Crippen molar-refractivity contribution in [2.24, 2.45) is 0 Å². The lowest BCUT2D eigenvalue weighted by Crippen LogP contribution is -1.94. The molecule has 21 heavy (non-hydrogen) atoms. The topological polar surface area (TPSA) is 30.0 Å². The minimum atomic E-state index is 0.370. The quantitative estimate of drug-likeness (QED) is 0.710. The molecular weight excluding hydrogens is 258 g/mol. The Labute approximate surface area is 124 Å². The second kappa shape index (κ2) is 6.31. The summed E-state index contributed by atoms with van der Waals surface area (Å²) in [5.41, 5.74) is 4.67. The summed E-state index contributed by atoms with van der Waals surface area (Å²) in [6.07, 6.45) is 6.14. The van der Waals surface area contributed by atoms with Crippen LogP contribution in [0.2, 0.25) is 0 Å². The van der Waals surface area contributed by atoms with Crippen LogP contribution in [0.15, 0.2) is 60.8 Å². The molecule has 0 spiro atoms. The van der Waals surface area contributed by atoms with Gasteiger partial charge in [0.2, 0.25) is 6.29 Å². The van der Waals surface area contributed by atoms with Gasteiger partial charge in [-0.1, -0.05) is 42.5 Å². The summed E-state index contributed by atoms with van der Waals surface area (Å²) in [5.74, 6) is 0. The van der Waals surface area contributed by atoms with E-state index in [9.17, 15) is 4.79 Å². The van der Waals surface area contributed by atoms with E-state index in [1.165, 1.54) is 16.5 Å². The average molecular weight is 274 g/mol. The molecule has 0 aliphatic heterocycles. The molecule has 1 heterocycles. The number of aromatic nitrogens is 1. The zero-order valence-corrected chi connectivity index (χ0v) is 11.8. The van der Waals surface area contributed by atoms with Crippen LogP contribution in [0.3, 0.4) is 0 Å². The van der Waals surface area contributed by atoms with Crippen LogP contribution < -0.4 is 0 Å². The van der Waals surface area contributed by atoms with Crippen molar-refractivity contribution in [3.8, 4) is 0 Å². The minimum Gasteiger partial charge on any atom is -0.291 e. The highest BCUT2D eigenvalue weighted by molar-refractivity contribution is 5.81. The lowest BCUT2D eigenvalue weighted by molar-refractivity contribution is 0.555. The monoisotopic (exact) mass is 274 g/mol. The number of hydrogen-bond donors (Lipinski definition) is 0. The normalized spacial score (nSPS) is 10.7. The van der Waals surface area contributed by atoms with Crippen molar-refractivity contribution in [1.29, 1.82) is 0 Å². The molecule has 2 aromatic carbocycles. The number of fused-ring (bicyclic) bond motifs is 1. The molecule has 2 heteroatoms. The second-order valence-electron chi connectivity index (χ2n) is 5.12. The zero-order chi connectivity index (χ0) is 14.5. The van der Waals surface area contributed by atoms with Crippen LogP contribution in [0, 0.1) is 0 Å². The lowest BCUT2D eigenvalue weighted by Gasteiger charge is -2.06. The average Bonchev–Trinajstić information content (AvgIpc) is 2.54. The van der Waals surface area contributed by atoms with Crippen LogP contribution in [-0.2, 0) is 24.1 Å². The third kappa shape index (κ3) is 3.16. The molecule has 0 atom stereocenters. The number of nitrogens with zero attached hydrogens (tertiary/aromatic N) is 1. The van der Waals surface area contributed by atoms with E-state index in [4.69, 9.17) is 0 Å². The van der Waals surface area contributed by atoms with Crippen LogP contribution in [-0.4, -0.2) is 11.3 Å². The molecule has 3 rings (SSSR count). The Morgan fingerprint density at radius 1 is 0.857 bits per heavy atom. The summed E-state index contributed by atoms with van der Waals surface area (Å²) in [7, 11) is 0. The van der Waals surface area contributed by atoms with Crippen molar-refractivity contribution >= 4 is 17.2 Å². The number of benzene rings is 2. The maximum atomic E-state index is 10.4. The summed E-state index contributed by atoms with van der Waals surface area (Å²) in [5, 5.41) is 1.23. The number of para-hydroxylation sites is 1. The van der Waals surface area contributed by atoms with E-state index < -0.39 is 0 Å². The number of rotatable bonds is 5. The van der Waals surface area contributed by atoms with Crippen molar-refractivity contribution in [3.63, 3.8) is 0 Å². The van der Waals surface area contributed by atoms with Gasteiger partial charge in [0.15, 0.2) is 0 Å². The lowest BCUT2D eigenvalue weighted by atomic mass is 10.0. The van der Waals surface area contributed by atoms with Crippen molar-refractivity contribution in [1.82, 2.24) is 4.98 Å². The third-order valence-electron chi connectivity index (χ3n) is 3.72. The van der Waals surface area contributed by atoms with Gasteiger partial charge in [-0.25, -0.2) is 0 Å². The number of carbonyl (C=O) groups excluding carboxylic acids is 1. The fourth-order valence-corrected chi connectivity index (χ4v) is 2.56. The Morgan fingerprint density at radius 3 is 2.43 bits per heavy atom. The van der Waals surface area contributed by atoms with Gasteiger partial charge in [0.1, 0.15) is 0 Å². The van der Waals surface area contributed by atoms with Crippen molar-refractivity contribution < 1.29 is 4.79 Å². The Bertz CT molecular complexity index is 742. The van der Waals surface area contributed by atoms with Crippen molar-refractivity contribution in [2.75, 3.05) is 0 Å². The van der Waals surface area contributed by atoms with E-state index in [0.29, 0.717) is 6.42 Å². The summed E-state index contributed by atoms with van der Waals surface area (Å²) in [4.78, 5) is 14.8. The molecule has 0 saturated heterocycles. The van der Waals surface area contributed by atoms with E-state index in [2.05, 4.69) is 35.3 Å². The van der Waals surface area contributed by atoms with Gasteiger partial charge in [-0.3, -0.25) is 9.78 Å². The minimum absolute atomic E-state index is 0.370. The van der Waals surface area contributed by atoms with Gasteiger partial charge in [-0.2, -0.15) is 0 Å². The molecular formula is C19H16NO. The molecule has 0 amide bonds. The Morgan fingerprint density at radius 2 is 1.62 bits per heavy atom. The summed E-state index contributed by atoms with van der Waals surface area (Å²) < 4.78 is 0. The molecule has 0 saturated carbocycles. The SMILES string of the molecule is O=[C]Cc1ccc(CCc2ccnc3ccccc23)cc1. The number of hydrogen-bond acceptors (Lipinski definition) is 2. The largest absolute Gasteiger partial charge is 0.291 e. The fourth-order valence-electron chi connectivity index (χ4n) is 2.56. The smallest absolute Gasteiger partial charge is 0.203 e. The fraction of sp³-hybridized carbons (Fsp3) is 0.158. The molecule has 0 fully saturated rings. The van der Waals surface area contributed by atoms with Crippen LogP contribution in [0.4, 0.5) is 0 Å². The van der Waals surface area contributed by atoms with Gasteiger partial charge in [0.25, 0.3) is 0 Å². The van der Waals surface area contributed by atoms with Gasteiger partial charge in [0, 0.05) is 18.0 Å². The molecule has 1 aromatic heterocycles. The van der Waals surface area contributed by atoms with Gasteiger partial charge < -0.3 is 0 Å². The van der Waals surface area contributed by atoms with Crippen molar-refractivity contribution in [3.05, 3.63) is 77.5 Å². The van der Waals surface area contributed by atoms with E-state index in [1.54, 1.807) is 0 Å². The molecule has 2 nitrogen and oxygen atoms in total. The molecule has 0 aliphatic carbocycles. The van der Waals surface area contributed by atoms with Crippen molar-refractivity contribution in [2.45, 2.75) is 19.3 Å². The first-order valence-electron chi connectivity index (χ1n) is 7.12. The maximum absolute atomic E-state index is 10.4. The van der Waals surface area contributed by atoms with Gasteiger partial charge in [-0.15, -0.1) is 0 Å². The molecule has 103 valence electrons. The first-order valence-corrected chi connectivity index (χ1v) is 7.12. The second-order valence-corrected chi connectivity index (χ2v) is 5.12. The molecule has 0 bridgehead atoms. The van der Waals surface area contributed by atoms with Gasteiger partial charge in [0.05, 0.1) is 5.52 Å². The van der Waals surface area contributed by atoms with E-state index in [0.717, 1.165) is 23.9 Å². The number of pyridine rings is 1. The zero-order valence-electron chi connectivity index (χ0n) is 11.8.